The van der Waals surface area contributed by atoms with Gasteiger partial charge in [-0.2, -0.15) is 0 Å². The topological polar surface area (TPSA) is 87.2 Å². The lowest BCUT2D eigenvalue weighted by atomic mass is 9.97. The zero-order valence-corrected chi connectivity index (χ0v) is 12.5. The predicted molar refractivity (Wildman–Crippen MR) is 73.6 cm³/mol. The minimum absolute atomic E-state index is 0.0679. The number of nitrogens with zero attached hydrogens (tertiary/aromatic N) is 2. The van der Waals surface area contributed by atoms with E-state index >= 15 is 0 Å². The second-order valence-electron chi connectivity index (χ2n) is 5.91. The lowest BCUT2D eigenvalue weighted by Gasteiger charge is -2.33. The van der Waals surface area contributed by atoms with E-state index in [9.17, 15) is 19.5 Å². The van der Waals surface area contributed by atoms with E-state index in [0.717, 1.165) is 0 Å². The Labute approximate surface area is 123 Å². The molecule has 0 radical (unpaired) electrons. The number of amides is 2. The Bertz CT molecular complexity index is 453. The first-order valence-corrected chi connectivity index (χ1v) is 7.21. The molecule has 2 aliphatic rings. The molecule has 0 aromatic carbocycles. The summed E-state index contributed by atoms with van der Waals surface area (Å²) >= 11 is 0. The number of ether oxygens (including phenoxy) is 1. The highest BCUT2D eigenvalue weighted by molar-refractivity contribution is 5.93. The van der Waals surface area contributed by atoms with Gasteiger partial charge in [0.2, 0.25) is 11.8 Å². The molecule has 2 heterocycles. The van der Waals surface area contributed by atoms with Crippen LogP contribution in [0.25, 0.3) is 0 Å². The van der Waals surface area contributed by atoms with Gasteiger partial charge in [-0.1, -0.05) is 0 Å². The summed E-state index contributed by atoms with van der Waals surface area (Å²) in [4.78, 5) is 39.0. The Kier molecular flexibility index (Phi) is 4.51. The van der Waals surface area contributed by atoms with Crippen LogP contribution < -0.4 is 0 Å². The van der Waals surface area contributed by atoms with Crippen LogP contribution in [0.3, 0.4) is 0 Å². The van der Waals surface area contributed by atoms with E-state index in [4.69, 9.17) is 4.74 Å². The minimum Gasteiger partial charge on any atom is -0.480 e. The summed E-state index contributed by atoms with van der Waals surface area (Å²) in [6.07, 6.45) is 1.31. The molecule has 0 bridgehead atoms. The van der Waals surface area contributed by atoms with Gasteiger partial charge in [0.1, 0.15) is 5.54 Å². The van der Waals surface area contributed by atoms with Crippen molar-refractivity contribution in [3.63, 3.8) is 0 Å². The first-order chi connectivity index (χ1) is 9.90. The Balaban J connectivity index is 2.04. The number of carboxylic acid groups (broad SMARTS) is 1. The number of carboxylic acids is 1. The van der Waals surface area contributed by atoms with Gasteiger partial charge in [-0.05, 0) is 19.8 Å². The molecule has 2 atom stereocenters. The van der Waals surface area contributed by atoms with Gasteiger partial charge in [0.05, 0.1) is 12.5 Å². The van der Waals surface area contributed by atoms with Crippen molar-refractivity contribution in [2.75, 3.05) is 33.4 Å². The third-order valence-electron chi connectivity index (χ3n) is 4.50. The van der Waals surface area contributed by atoms with Crippen LogP contribution >= 0.6 is 0 Å². The number of carbonyl (C=O) groups is 3. The van der Waals surface area contributed by atoms with Crippen molar-refractivity contribution < 1.29 is 24.2 Å². The molecule has 2 unspecified atom stereocenters. The minimum atomic E-state index is -1.14. The molecule has 2 saturated heterocycles. The molecule has 21 heavy (non-hydrogen) atoms. The summed E-state index contributed by atoms with van der Waals surface area (Å²) < 4.78 is 4.95. The van der Waals surface area contributed by atoms with Crippen molar-refractivity contribution in [2.24, 2.45) is 5.92 Å². The highest BCUT2D eigenvalue weighted by atomic mass is 16.5. The molecule has 0 spiro atoms. The monoisotopic (exact) mass is 298 g/mol. The van der Waals surface area contributed by atoms with E-state index in [0.29, 0.717) is 39.1 Å². The Morgan fingerprint density at radius 1 is 1.48 bits per heavy atom. The first kappa shape index (κ1) is 15.8. The smallest absolute Gasteiger partial charge is 0.329 e. The van der Waals surface area contributed by atoms with Crippen molar-refractivity contribution in [3.8, 4) is 0 Å². The van der Waals surface area contributed by atoms with Crippen LogP contribution in [-0.4, -0.2) is 71.6 Å². The molecular weight excluding hydrogens is 276 g/mol. The molecule has 2 amide bonds. The van der Waals surface area contributed by atoms with Crippen LogP contribution in [0.15, 0.2) is 0 Å². The number of methoxy groups -OCH3 is 1. The quantitative estimate of drug-likeness (QED) is 0.769. The predicted octanol–water partition coefficient (Wildman–Crippen LogP) is -0.0530. The van der Waals surface area contributed by atoms with Gasteiger partial charge in [-0.25, -0.2) is 4.79 Å². The number of aliphatic carboxylic acids is 1. The van der Waals surface area contributed by atoms with Gasteiger partial charge in [0.15, 0.2) is 0 Å². The lowest BCUT2D eigenvalue weighted by molar-refractivity contribution is -0.156. The maximum atomic E-state index is 12.6. The Morgan fingerprint density at radius 3 is 2.81 bits per heavy atom. The Morgan fingerprint density at radius 2 is 2.19 bits per heavy atom. The van der Waals surface area contributed by atoms with E-state index in [1.165, 1.54) is 4.90 Å². The van der Waals surface area contributed by atoms with Crippen LogP contribution in [0.1, 0.15) is 26.2 Å². The second-order valence-corrected chi connectivity index (χ2v) is 5.91. The summed E-state index contributed by atoms with van der Waals surface area (Å²) in [6, 6.07) is 0. The molecule has 2 aliphatic heterocycles. The van der Waals surface area contributed by atoms with Crippen molar-refractivity contribution in [3.05, 3.63) is 0 Å². The highest BCUT2D eigenvalue weighted by Crippen LogP contribution is 2.32. The lowest BCUT2D eigenvalue weighted by Crippen LogP contribution is -2.52. The SMILES string of the molecule is COCCN1CC(C(=O)N2CCCC2(C)C(=O)O)CC1=O. The molecule has 2 fully saturated rings. The van der Waals surface area contributed by atoms with Gasteiger partial charge in [-0.15, -0.1) is 0 Å². The third kappa shape index (κ3) is 2.88. The molecule has 118 valence electrons. The summed E-state index contributed by atoms with van der Waals surface area (Å²) in [5, 5.41) is 9.37. The van der Waals surface area contributed by atoms with Crippen LogP contribution in [0.4, 0.5) is 0 Å². The number of rotatable bonds is 5. The molecule has 7 heteroatoms. The second kappa shape index (κ2) is 6.01. The van der Waals surface area contributed by atoms with E-state index in [1.807, 2.05) is 0 Å². The fraction of sp³-hybridized carbons (Fsp3) is 0.786. The number of carbonyl (C=O) groups excluding carboxylic acids is 2. The third-order valence-corrected chi connectivity index (χ3v) is 4.50. The molecule has 0 aromatic heterocycles. The number of hydrogen-bond donors (Lipinski definition) is 1. The molecule has 7 nitrogen and oxygen atoms in total. The molecule has 1 N–H and O–H groups in total. The Hall–Kier alpha value is -1.63. The zero-order chi connectivity index (χ0) is 15.6. The normalized spacial score (nSPS) is 29.2. The van der Waals surface area contributed by atoms with Crippen molar-refractivity contribution in [2.45, 2.75) is 31.7 Å². The van der Waals surface area contributed by atoms with Gasteiger partial charge >= 0.3 is 5.97 Å². The fourth-order valence-electron chi connectivity index (χ4n) is 3.11. The van der Waals surface area contributed by atoms with Crippen LogP contribution in [0.2, 0.25) is 0 Å². The fourth-order valence-corrected chi connectivity index (χ4v) is 3.11. The maximum Gasteiger partial charge on any atom is 0.329 e. The number of likely N-dealkylation sites (tertiary alicyclic amines) is 2. The van der Waals surface area contributed by atoms with Crippen LogP contribution in [-0.2, 0) is 19.1 Å². The first-order valence-electron chi connectivity index (χ1n) is 7.21. The zero-order valence-electron chi connectivity index (χ0n) is 12.5. The molecule has 2 rings (SSSR count). The average Bonchev–Trinajstić information content (AvgIpc) is 3.00. The highest BCUT2D eigenvalue weighted by Gasteiger charge is 2.48. The summed E-state index contributed by atoms with van der Waals surface area (Å²) in [7, 11) is 1.56. The number of hydrogen-bond acceptors (Lipinski definition) is 4. The van der Waals surface area contributed by atoms with E-state index in [1.54, 1.807) is 18.9 Å². The summed E-state index contributed by atoms with van der Waals surface area (Å²) in [5.74, 6) is -1.70. The van der Waals surface area contributed by atoms with Gasteiger partial charge in [0, 0.05) is 33.2 Å². The van der Waals surface area contributed by atoms with Crippen LogP contribution in [0, 0.1) is 5.92 Å². The molecule has 0 aliphatic carbocycles. The van der Waals surface area contributed by atoms with Crippen LogP contribution in [0.5, 0.6) is 0 Å². The maximum absolute atomic E-state index is 12.6. The van der Waals surface area contributed by atoms with Gasteiger partial charge in [-0.3, -0.25) is 9.59 Å². The molecular formula is C14H22N2O5. The molecule has 0 aromatic rings. The standard InChI is InChI=1S/C14H22N2O5/c1-14(13(19)20)4-3-5-16(14)12(18)10-8-11(17)15(9-10)6-7-21-2/h10H,3-9H2,1-2H3,(H,19,20). The van der Waals surface area contributed by atoms with E-state index < -0.39 is 17.4 Å². The van der Waals surface area contributed by atoms with Crippen molar-refractivity contribution >= 4 is 17.8 Å². The summed E-state index contributed by atoms with van der Waals surface area (Å²) in [5.41, 5.74) is -1.14. The van der Waals surface area contributed by atoms with E-state index in [2.05, 4.69) is 0 Å². The van der Waals surface area contributed by atoms with Gasteiger partial charge < -0.3 is 19.6 Å². The summed E-state index contributed by atoms with van der Waals surface area (Å²) in [6.45, 7) is 3.29. The molecule has 0 saturated carbocycles. The van der Waals surface area contributed by atoms with Crippen molar-refractivity contribution in [1.29, 1.82) is 0 Å². The van der Waals surface area contributed by atoms with Gasteiger partial charge in [0.25, 0.3) is 0 Å². The van der Waals surface area contributed by atoms with Crippen molar-refractivity contribution in [1.82, 2.24) is 9.80 Å². The largest absolute Gasteiger partial charge is 0.480 e. The average molecular weight is 298 g/mol. The van der Waals surface area contributed by atoms with E-state index in [-0.39, 0.29) is 18.2 Å².